The van der Waals surface area contributed by atoms with Crippen LogP contribution in [-0.4, -0.2) is 53.5 Å². The molecule has 2 heterocycles. The molecule has 1 aliphatic rings. The van der Waals surface area contributed by atoms with Crippen molar-refractivity contribution in [2.45, 2.75) is 20.3 Å². The van der Waals surface area contributed by atoms with E-state index in [1.165, 1.54) is 0 Å². The van der Waals surface area contributed by atoms with Gasteiger partial charge in [-0.15, -0.1) is 0 Å². The van der Waals surface area contributed by atoms with Gasteiger partial charge in [-0.2, -0.15) is 0 Å². The summed E-state index contributed by atoms with van der Waals surface area (Å²) in [4.78, 5) is 28.0. The van der Waals surface area contributed by atoms with Crippen LogP contribution in [0.3, 0.4) is 0 Å². The monoisotopic (exact) mass is 341 g/mol. The van der Waals surface area contributed by atoms with E-state index in [4.69, 9.17) is 4.52 Å². The minimum Gasteiger partial charge on any atom is -0.355 e. The van der Waals surface area contributed by atoms with Gasteiger partial charge in [0.05, 0.1) is 5.69 Å². The van der Waals surface area contributed by atoms with Crippen LogP contribution in [0.4, 0.5) is 0 Å². The lowest BCUT2D eigenvalue weighted by molar-refractivity contribution is -0.127. The number of nitrogens with zero attached hydrogens (tertiary/aromatic N) is 3. The van der Waals surface area contributed by atoms with E-state index < -0.39 is 0 Å². The summed E-state index contributed by atoms with van der Waals surface area (Å²) in [5.74, 6) is 0.807. The van der Waals surface area contributed by atoms with Crippen molar-refractivity contribution in [3.05, 3.63) is 41.6 Å². The predicted molar refractivity (Wildman–Crippen MR) is 94.0 cm³/mol. The number of hydrogen-bond donors (Lipinski definition) is 0. The van der Waals surface area contributed by atoms with Crippen molar-refractivity contribution in [3.63, 3.8) is 0 Å². The maximum absolute atomic E-state index is 13.0. The number of aryl methyl sites for hydroxylation is 1. The molecule has 1 aromatic heterocycles. The third-order valence-electron chi connectivity index (χ3n) is 4.72. The molecule has 25 heavy (non-hydrogen) atoms. The minimum absolute atomic E-state index is 0.0951. The molecular weight excluding hydrogens is 318 g/mol. The highest BCUT2D eigenvalue weighted by atomic mass is 16.5. The molecule has 0 spiro atoms. The highest BCUT2D eigenvalue weighted by molar-refractivity contribution is 6.00. The predicted octanol–water partition coefficient (Wildman–Crippen LogP) is 2.59. The van der Waals surface area contributed by atoms with E-state index >= 15 is 0 Å². The highest BCUT2D eigenvalue weighted by Gasteiger charge is 2.29. The Hall–Kier alpha value is -2.63. The Kier molecular flexibility index (Phi) is 4.88. The van der Waals surface area contributed by atoms with Crippen LogP contribution in [0.15, 0.2) is 34.9 Å². The summed E-state index contributed by atoms with van der Waals surface area (Å²) in [6.45, 7) is 5.46. The normalized spacial score (nSPS) is 16.9. The molecule has 2 aromatic rings. The highest BCUT2D eigenvalue weighted by Crippen LogP contribution is 2.27. The van der Waals surface area contributed by atoms with Crippen LogP contribution in [-0.2, 0) is 4.79 Å². The number of likely N-dealkylation sites (tertiary alicyclic amines) is 1. The van der Waals surface area contributed by atoms with Crippen LogP contribution < -0.4 is 0 Å². The summed E-state index contributed by atoms with van der Waals surface area (Å²) in [6, 6.07) is 9.53. The molecule has 6 nitrogen and oxygen atoms in total. The fourth-order valence-electron chi connectivity index (χ4n) is 3.34. The van der Waals surface area contributed by atoms with Gasteiger partial charge in [-0.05, 0) is 19.3 Å². The van der Waals surface area contributed by atoms with Crippen molar-refractivity contribution in [3.8, 4) is 11.3 Å². The number of carbonyl (C=O) groups is 2. The van der Waals surface area contributed by atoms with Gasteiger partial charge in [0.2, 0.25) is 5.91 Å². The molecule has 3 rings (SSSR count). The van der Waals surface area contributed by atoms with Gasteiger partial charge in [0.15, 0.2) is 5.76 Å². The topological polar surface area (TPSA) is 66.7 Å². The molecule has 1 fully saturated rings. The molecule has 0 saturated carbocycles. The fourth-order valence-corrected chi connectivity index (χ4v) is 3.34. The van der Waals surface area contributed by atoms with Gasteiger partial charge in [0.1, 0.15) is 5.56 Å². The summed E-state index contributed by atoms with van der Waals surface area (Å²) >= 11 is 0. The zero-order valence-corrected chi connectivity index (χ0v) is 14.9. The molecule has 132 valence electrons. The summed E-state index contributed by atoms with van der Waals surface area (Å²) in [5, 5.41) is 3.99. The van der Waals surface area contributed by atoms with Crippen LogP contribution in [0.2, 0.25) is 0 Å². The van der Waals surface area contributed by atoms with E-state index in [2.05, 4.69) is 5.16 Å². The number of benzene rings is 1. The Balaban J connectivity index is 1.75. The summed E-state index contributed by atoms with van der Waals surface area (Å²) < 4.78 is 5.42. The first-order valence-corrected chi connectivity index (χ1v) is 8.50. The maximum atomic E-state index is 13.0. The lowest BCUT2D eigenvalue weighted by atomic mass is 10.0. The Morgan fingerprint density at radius 2 is 2.04 bits per heavy atom. The van der Waals surface area contributed by atoms with Gasteiger partial charge in [-0.3, -0.25) is 9.59 Å². The summed E-state index contributed by atoms with van der Waals surface area (Å²) in [6.07, 6.45) is 0.922. The maximum Gasteiger partial charge on any atom is 0.259 e. The lowest BCUT2D eigenvalue weighted by Gasteiger charge is -2.21. The second-order valence-corrected chi connectivity index (χ2v) is 6.64. The average molecular weight is 341 g/mol. The number of amides is 2. The Bertz CT molecular complexity index is 769. The minimum atomic E-state index is -0.0983. The van der Waals surface area contributed by atoms with Crippen molar-refractivity contribution < 1.29 is 14.1 Å². The molecule has 2 amide bonds. The molecule has 0 unspecified atom stereocenters. The first-order valence-electron chi connectivity index (χ1n) is 8.50. The van der Waals surface area contributed by atoms with E-state index in [1.807, 2.05) is 35.2 Å². The third kappa shape index (κ3) is 3.57. The van der Waals surface area contributed by atoms with Crippen molar-refractivity contribution in [1.29, 1.82) is 0 Å². The molecular formula is C19H23N3O3. The van der Waals surface area contributed by atoms with Crippen molar-refractivity contribution in [1.82, 2.24) is 15.0 Å². The lowest BCUT2D eigenvalue weighted by Crippen LogP contribution is -2.34. The van der Waals surface area contributed by atoms with Crippen LogP contribution >= 0.6 is 0 Å². The largest absolute Gasteiger partial charge is 0.355 e. The molecule has 1 saturated heterocycles. The van der Waals surface area contributed by atoms with E-state index in [0.29, 0.717) is 36.0 Å². The van der Waals surface area contributed by atoms with Crippen LogP contribution in [0, 0.1) is 12.8 Å². The quantitative estimate of drug-likeness (QED) is 0.857. The standard InChI is InChI=1S/C19H23N3O3/c1-13-17(18(25-20-13)16-7-5-4-6-8-16)19(24)21(3)11-15-9-10-22(12-15)14(2)23/h4-8,15H,9-12H2,1-3H3/t15-/m1/s1. The number of aromatic nitrogens is 1. The van der Waals surface area contributed by atoms with E-state index in [0.717, 1.165) is 18.5 Å². The third-order valence-corrected chi connectivity index (χ3v) is 4.72. The second kappa shape index (κ2) is 7.09. The molecule has 1 atom stereocenters. The van der Waals surface area contributed by atoms with Crippen molar-refractivity contribution in [2.75, 3.05) is 26.7 Å². The zero-order valence-electron chi connectivity index (χ0n) is 14.9. The van der Waals surface area contributed by atoms with Crippen LogP contribution in [0.5, 0.6) is 0 Å². The number of carbonyl (C=O) groups excluding carboxylic acids is 2. The Morgan fingerprint density at radius 3 is 2.68 bits per heavy atom. The molecule has 0 radical (unpaired) electrons. The van der Waals surface area contributed by atoms with Gasteiger partial charge >= 0.3 is 0 Å². The first-order chi connectivity index (χ1) is 12.0. The van der Waals surface area contributed by atoms with Gasteiger partial charge in [0.25, 0.3) is 5.91 Å². The van der Waals surface area contributed by atoms with Crippen molar-refractivity contribution >= 4 is 11.8 Å². The zero-order chi connectivity index (χ0) is 18.0. The second-order valence-electron chi connectivity index (χ2n) is 6.64. The SMILES string of the molecule is CC(=O)N1CC[C@H](CN(C)C(=O)c2c(C)noc2-c2ccccc2)C1. The first kappa shape index (κ1) is 17.2. The number of rotatable bonds is 4. The van der Waals surface area contributed by atoms with Gasteiger partial charge < -0.3 is 14.3 Å². The molecule has 0 aliphatic carbocycles. The molecule has 1 aliphatic heterocycles. The smallest absolute Gasteiger partial charge is 0.259 e. The van der Waals surface area contributed by atoms with Crippen LogP contribution in [0.25, 0.3) is 11.3 Å². The van der Waals surface area contributed by atoms with Gasteiger partial charge in [-0.25, -0.2) is 0 Å². The van der Waals surface area contributed by atoms with Crippen molar-refractivity contribution in [2.24, 2.45) is 5.92 Å². The molecule has 6 heteroatoms. The Morgan fingerprint density at radius 1 is 1.32 bits per heavy atom. The molecule has 1 aromatic carbocycles. The number of hydrogen-bond acceptors (Lipinski definition) is 4. The van der Waals surface area contributed by atoms with E-state index in [-0.39, 0.29) is 11.8 Å². The van der Waals surface area contributed by atoms with Gasteiger partial charge in [0, 0.05) is 39.2 Å². The summed E-state index contributed by atoms with van der Waals surface area (Å²) in [5.41, 5.74) is 1.94. The Labute approximate surface area is 147 Å². The average Bonchev–Trinajstić information content (AvgIpc) is 3.22. The van der Waals surface area contributed by atoms with E-state index in [9.17, 15) is 9.59 Å². The summed E-state index contributed by atoms with van der Waals surface area (Å²) in [7, 11) is 1.79. The van der Waals surface area contributed by atoms with E-state index in [1.54, 1.807) is 25.8 Å². The van der Waals surface area contributed by atoms with Gasteiger partial charge in [-0.1, -0.05) is 35.5 Å². The molecule has 0 bridgehead atoms. The van der Waals surface area contributed by atoms with Crippen LogP contribution in [0.1, 0.15) is 29.4 Å². The molecule has 0 N–H and O–H groups in total. The fraction of sp³-hybridized carbons (Fsp3) is 0.421.